The quantitative estimate of drug-likeness (QED) is 0.767. The highest BCUT2D eigenvalue weighted by Gasteiger charge is 2.07. The van der Waals surface area contributed by atoms with Gasteiger partial charge in [0.2, 0.25) is 0 Å². The molecule has 1 N–H and O–H groups in total. The van der Waals surface area contributed by atoms with Crippen LogP contribution in [-0.4, -0.2) is 24.4 Å². The van der Waals surface area contributed by atoms with Crippen molar-refractivity contribution in [1.29, 1.82) is 0 Å². The highest BCUT2D eigenvalue weighted by molar-refractivity contribution is 7.16. The van der Waals surface area contributed by atoms with Gasteiger partial charge in [-0.1, -0.05) is 11.6 Å². The minimum atomic E-state index is -0.323. The molecule has 0 aliphatic carbocycles. The first-order valence-corrected chi connectivity index (χ1v) is 5.92. The number of thiophene rings is 1. The Balaban J connectivity index is 2.23. The molecule has 1 unspecified atom stereocenters. The molecule has 1 atom stereocenters. The number of rotatable bonds is 6. The second kappa shape index (κ2) is 6.40. The topological polar surface area (TPSA) is 29.5 Å². The highest BCUT2D eigenvalue weighted by Crippen LogP contribution is 2.22. The standard InChI is InChI=1S/C10H15ClO2S/c1-2-13-6-5-8(12)7-9-3-4-10(11)14-9/h3-4,8,12H,2,5-7H2,1H3. The van der Waals surface area contributed by atoms with Gasteiger partial charge in [-0.2, -0.15) is 0 Å². The lowest BCUT2D eigenvalue weighted by atomic mass is 10.2. The minimum absolute atomic E-state index is 0.323. The molecule has 2 nitrogen and oxygen atoms in total. The molecular weight excluding hydrogens is 220 g/mol. The number of halogens is 1. The fourth-order valence-corrected chi connectivity index (χ4v) is 2.32. The summed E-state index contributed by atoms with van der Waals surface area (Å²) in [5.74, 6) is 0. The third-order valence-electron chi connectivity index (χ3n) is 1.87. The lowest BCUT2D eigenvalue weighted by molar-refractivity contribution is 0.0891. The van der Waals surface area contributed by atoms with Crippen LogP contribution in [0.4, 0.5) is 0 Å². The Morgan fingerprint density at radius 2 is 2.36 bits per heavy atom. The van der Waals surface area contributed by atoms with Crippen molar-refractivity contribution in [2.24, 2.45) is 0 Å². The summed E-state index contributed by atoms with van der Waals surface area (Å²) in [7, 11) is 0. The Morgan fingerprint density at radius 1 is 1.57 bits per heavy atom. The molecule has 0 aromatic carbocycles. The van der Waals surface area contributed by atoms with Crippen molar-refractivity contribution < 1.29 is 9.84 Å². The molecule has 1 aromatic rings. The highest BCUT2D eigenvalue weighted by atomic mass is 35.5. The summed E-state index contributed by atoms with van der Waals surface area (Å²) in [6.07, 6.45) is 1.03. The summed E-state index contributed by atoms with van der Waals surface area (Å²) in [5.41, 5.74) is 0. The lowest BCUT2D eigenvalue weighted by Gasteiger charge is -2.08. The number of hydrogen-bond acceptors (Lipinski definition) is 3. The van der Waals surface area contributed by atoms with E-state index in [9.17, 15) is 5.11 Å². The molecule has 0 spiro atoms. The molecule has 0 fully saturated rings. The SMILES string of the molecule is CCOCCC(O)Cc1ccc(Cl)s1. The number of aliphatic hydroxyl groups is 1. The van der Waals surface area contributed by atoms with E-state index in [-0.39, 0.29) is 6.10 Å². The number of ether oxygens (including phenoxy) is 1. The molecule has 0 saturated heterocycles. The van der Waals surface area contributed by atoms with Crippen LogP contribution in [0, 0.1) is 0 Å². The largest absolute Gasteiger partial charge is 0.393 e. The average molecular weight is 235 g/mol. The van der Waals surface area contributed by atoms with Crippen molar-refractivity contribution >= 4 is 22.9 Å². The molecule has 4 heteroatoms. The molecule has 80 valence electrons. The Morgan fingerprint density at radius 3 is 2.93 bits per heavy atom. The summed E-state index contributed by atoms with van der Waals surface area (Å²) in [6, 6.07) is 3.81. The van der Waals surface area contributed by atoms with E-state index in [1.165, 1.54) is 11.3 Å². The van der Waals surface area contributed by atoms with Gasteiger partial charge in [-0.25, -0.2) is 0 Å². The molecule has 0 aliphatic heterocycles. The van der Waals surface area contributed by atoms with Gasteiger partial charge in [-0.15, -0.1) is 11.3 Å². The normalized spacial score (nSPS) is 13.1. The van der Waals surface area contributed by atoms with Gasteiger partial charge in [0.15, 0.2) is 0 Å². The fourth-order valence-electron chi connectivity index (χ4n) is 1.16. The predicted octanol–water partition coefficient (Wildman–Crippen LogP) is 2.73. The molecule has 0 bridgehead atoms. The molecule has 1 aromatic heterocycles. The summed E-state index contributed by atoms with van der Waals surface area (Å²) in [6.45, 7) is 3.28. The van der Waals surface area contributed by atoms with Gasteiger partial charge in [-0.3, -0.25) is 0 Å². The monoisotopic (exact) mass is 234 g/mol. The van der Waals surface area contributed by atoms with E-state index in [4.69, 9.17) is 16.3 Å². The van der Waals surface area contributed by atoms with Crippen molar-refractivity contribution in [3.63, 3.8) is 0 Å². The Bertz CT molecular complexity index is 262. The van der Waals surface area contributed by atoms with E-state index in [0.29, 0.717) is 26.1 Å². The second-order valence-corrected chi connectivity index (χ2v) is 4.85. The van der Waals surface area contributed by atoms with E-state index in [0.717, 1.165) is 9.21 Å². The van der Waals surface area contributed by atoms with Crippen LogP contribution in [0.5, 0.6) is 0 Å². The predicted molar refractivity (Wildman–Crippen MR) is 60.1 cm³/mol. The van der Waals surface area contributed by atoms with Crippen molar-refractivity contribution in [3.8, 4) is 0 Å². The molecule has 0 aliphatic rings. The zero-order valence-electron chi connectivity index (χ0n) is 8.20. The van der Waals surface area contributed by atoms with Crippen LogP contribution < -0.4 is 0 Å². The van der Waals surface area contributed by atoms with Gasteiger partial charge in [0, 0.05) is 24.5 Å². The van der Waals surface area contributed by atoms with E-state index >= 15 is 0 Å². The summed E-state index contributed by atoms with van der Waals surface area (Å²) >= 11 is 7.30. The number of aliphatic hydroxyl groups excluding tert-OH is 1. The first kappa shape index (κ1) is 12.0. The average Bonchev–Trinajstić information content (AvgIpc) is 2.52. The first-order chi connectivity index (χ1) is 6.72. The smallest absolute Gasteiger partial charge is 0.0931 e. The number of hydrogen-bond donors (Lipinski definition) is 1. The maximum atomic E-state index is 9.62. The Kier molecular flexibility index (Phi) is 5.48. The van der Waals surface area contributed by atoms with Crippen LogP contribution in [-0.2, 0) is 11.2 Å². The zero-order chi connectivity index (χ0) is 10.4. The molecule has 1 rings (SSSR count). The van der Waals surface area contributed by atoms with Gasteiger partial charge in [0.25, 0.3) is 0 Å². The Labute approximate surface area is 93.5 Å². The fraction of sp³-hybridized carbons (Fsp3) is 0.600. The third-order valence-corrected chi connectivity index (χ3v) is 3.12. The van der Waals surface area contributed by atoms with Crippen LogP contribution in [0.3, 0.4) is 0 Å². The van der Waals surface area contributed by atoms with E-state index in [1.807, 2.05) is 19.1 Å². The summed E-state index contributed by atoms with van der Waals surface area (Å²) in [5, 5.41) is 9.62. The zero-order valence-corrected chi connectivity index (χ0v) is 9.77. The van der Waals surface area contributed by atoms with E-state index < -0.39 is 0 Å². The van der Waals surface area contributed by atoms with Gasteiger partial charge in [-0.05, 0) is 25.5 Å². The van der Waals surface area contributed by atoms with Crippen molar-refractivity contribution in [2.45, 2.75) is 25.9 Å². The molecule has 0 amide bonds. The van der Waals surface area contributed by atoms with Crippen molar-refractivity contribution in [2.75, 3.05) is 13.2 Å². The second-order valence-electron chi connectivity index (χ2n) is 3.05. The minimum Gasteiger partial charge on any atom is -0.393 e. The van der Waals surface area contributed by atoms with Crippen LogP contribution in [0.25, 0.3) is 0 Å². The maximum absolute atomic E-state index is 9.62. The van der Waals surface area contributed by atoms with Gasteiger partial charge < -0.3 is 9.84 Å². The third kappa shape index (κ3) is 4.42. The summed E-state index contributed by atoms with van der Waals surface area (Å²) < 4.78 is 5.94. The lowest BCUT2D eigenvalue weighted by Crippen LogP contribution is -2.12. The molecular formula is C10H15ClO2S. The molecule has 0 radical (unpaired) electrons. The van der Waals surface area contributed by atoms with E-state index in [2.05, 4.69) is 0 Å². The van der Waals surface area contributed by atoms with E-state index in [1.54, 1.807) is 0 Å². The molecule has 14 heavy (non-hydrogen) atoms. The van der Waals surface area contributed by atoms with Crippen molar-refractivity contribution in [3.05, 3.63) is 21.3 Å². The van der Waals surface area contributed by atoms with Gasteiger partial charge in [0.1, 0.15) is 0 Å². The van der Waals surface area contributed by atoms with Crippen LogP contribution in [0.15, 0.2) is 12.1 Å². The van der Waals surface area contributed by atoms with Crippen LogP contribution in [0.1, 0.15) is 18.2 Å². The van der Waals surface area contributed by atoms with Gasteiger partial charge in [0.05, 0.1) is 10.4 Å². The molecule has 1 heterocycles. The van der Waals surface area contributed by atoms with Crippen LogP contribution >= 0.6 is 22.9 Å². The maximum Gasteiger partial charge on any atom is 0.0931 e. The van der Waals surface area contributed by atoms with Gasteiger partial charge >= 0.3 is 0 Å². The summed E-state index contributed by atoms with van der Waals surface area (Å²) in [4.78, 5) is 1.12. The molecule has 0 saturated carbocycles. The first-order valence-electron chi connectivity index (χ1n) is 4.72. The van der Waals surface area contributed by atoms with Crippen LogP contribution in [0.2, 0.25) is 4.34 Å². The Hall–Kier alpha value is -0.0900. The van der Waals surface area contributed by atoms with Crippen molar-refractivity contribution in [1.82, 2.24) is 0 Å².